The fourth-order valence-corrected chi connectivity index (χ4v) is 1.42. The minimum atomic E-state index is -4.36. The summed E-state index contributed by atoms with van der Waals surface area (Å²) in [5.74, 6) is 0. The standard InChI is InChI=1S/C10H6F3O/c1-6-4-9(10(11,12)13)8-5-14-3-2-7(6)8/h2-5H,1H2. The topological polar surface area (TPSA) is 13.1 Å². The van der Waals surface area contributed by atoms with Gasteiger partial charge in [0.25, 0.3) is 0 Å². The summed E-state index contributed by atoms with van der Waals surface area (Å²) in [5, 5.41) is 0. The van der Waals surface area contributed by atoms with Crippen molar-refractivity contribution in [2.75, 3.05) is 0 Å². The van der Waals surface area contributed by atoms with Crippen LogP contribution < -0.4 is 0 Å². The van der Waals surface area contributed by atoms with Crippen molar-refractivity contribution in [3.63, 3.8) is 0 Å². The van der Waals surface area contributed by atoms with Gasteiger partial charge in [-0.05, 0) is 30.2 Å². The predicted octanol–water partition coefficient (Wildman–Crippen LogP) is 3.59. The van der Waals surface area contributed by atoms with Gasteiger partial charge in [0.15, 0.2) is 0 Å². The van der Waals surface area contributed by atoms with E-state index in [0.717, 1.165) is 12.3 Å². The molecule has 1 aliphatic carbocycles. The molecule has 0 unspecified atom stereocenters. The number of alkyl halides is 3. The van der Waals surface area contributed by atoms with Crippen molar-refractivity contribution < 1.29 is 17.6 Å². The molecule has 0 atom stereocenters. The fraction of sp³-hybridized carbons (Fsp3) is 0.100. The Morgan fingerprint density at radius 2 is 1.93 bits per heavy atom. The lowest BCUT2D eigenvalue weighted by Gasteiger charge is -2.06. The number of halogens is 3. The molecule has 0 spiro atoms. The average Bonchev–Trinajstić information content (AvgIpc) is 2.44. The summed E-state index contributed by atoms with van der Waals surface area (Å²) in [6.07, 6.45) is -1.94. The number of rotatable bonds is 0. The third kappa shape index (κ3) is 1.27. The van der Waals surface area contributed by atoms with Gasteiger partial charge in [-0.2, -0.15) is 13.2 Å². The van der Waals surface area contributed by atoms with E-state index >= 15 is 0 Å². The number of hydrogen-bond donors (Lipinski definition) is 0. The van der Waals surface area contributed by atoms with Crippen molar-refractivity contribution in [2.45, 2.75) is 6.18 Å². The van der Waals surface area contributed by atoms with E-state index < -0.39 is 11.7 Å². The van der Waals surface area contributed by atoms with E-state index in [1.165, 1.54) is 12.3 Å². The second kappa shape index (κ2) is 2.77. The largest absolute Gasteiger partial charge is 0.472 e. The van der Waals surface area contributed by atoms with Gasteiger partial charge in [0, 0.05) is 5.56 Å². The number of fused-ring (bicyclic) bond motifs is 1. The highest BCUT2D eigenvalue weighted by Gasteiger charge is 2.36. The van der Waals surface area contributed by atoms with Gasteiger partial charge in [-0.3, -0.25) is 0 Å². The molecule has 0 saturated carbocycles. The summed E-state index contributed by atoms with van der Waals surface area (Å²) in [6.45, 7) is 3.54. The van der Waals surface area contributed by atoms with Crippen LogP contribution in [0.1, 0.15) is 11.1 Å². The SMILES string of the molecule is [CH2]c1cc(C(F)(F)F)c2coccc1-2. The van der Waals surface area contributed by atoms with Crippen LogP contribution in [0.5, 0.6) is 0 Å². The third-order valence-corrected chi connectivity index (χ3v) is 2.05. The molecule has 0 saturated heterocycles. The van der Waals surface area contributed by atoms with Gasteiger partial charge in [0.1, 0.15) is 0 Å². The second-order valence-corrected chi connectivity index (χ2v) is 2.97. The van der Waals surface area contributed by atoms with E-state index in [2.05, 4.69) is 6.92 Å². The highest BCUT2D eigenvalue weighted by atomic mass is 19.4. The van der Waals surface area contributed by atoms with E-state index in [9.17, 15) is 13.2 Å². The van der Waals surface area contributed by atoms with Gasteiger partial charge in [0.05, 0.1) is 18.1 Å². The molecule has 0 fully saturated rings. The van der Waals surface area contributed by atoms with Crippen LogP contribution in [0.2, 0.25) is 0 Å². The van der Waals surface area contributed by atoms with Gasteiger partial charge in [-0.15, -0.1) is 0 Å². The Hall–Kier alpha value is -1.45. The van der Waals surface area contributed by atoms with Crippen molar-refractivity contribution in [1.29, 1.82) is 0 Å². The summed E-state index contributed by atoms with van der Waals surface area (Å²) in [4.78, 5) is 0. The van der Waals surface area contributed by atoms with Gasteiger partial charge in [-0.25, -0.2) is 0 Å². The molecule has 0 aromatic rings. The Labute approximate surface area is 78.5 Å². The summed E-state index contributed by atoms with van der Waals surface area (Å²) < 4.78 is 42.1. The molecule has 0 amide bonds. The maximum atomic E-state index is 12.5. The van der Waals surface area contributed by atoms with Crippen molar-refractivity contribution in [3.8, 4) is 11.1 Å². The Kier molecular flexibility index (Phi) is 1.80. The van der Waals surface area contributed by atoms with Crippen molar-refractivity contribution >= 4 is 0 Å². The summed E-state index contributed by atoms with van der Waals surface area (Å²) in [7, 11) is 0. The zero-order valence-electron chi connectivity index (χ0n) is 7.06. The van der Waals surface area contributed by atoms with Crippen LogP contribution in [0, 0.1) is 6.92 Å². The van der Waals surface area contributed by atoms with E-state index in [1.807, 2.05) is 0 Å². The molecule has 0 aromatic carbocycles. The molecular formula is C10H6F3O. The molecule has 1 nitrogen and oxygen atoms in total. The summed E-state index contributed by atoms with van der Waals surface area (Å²) in [6, 6.07) is 2.51. The zero-order valence-corrected chi connectivity index (χ0v) is 7.06. The Morgan fingerprint density at radius 1 is 1.21 bits per heavy atom. The highest BCUT2D eigenvalue weighted by Crippen LogP contribution is 2.41. The van der Waals surface area contributed by atoms with Crippen LogP contribution in [0.15, 0.2) is 29.1 Å². The molecule has 1 heterocycles. The first-order valence-electron chi connectivity index (χ1n) is 3.88. The smallest absolute Gasteiger partial charge is 0.417 e. The van der Waals surface area contributed by atoms with E-state index in [4.69, 9.17) is 4.42 Å². The fourth-order valence-electron chi connectivity index (χ4n) is 1.42. The molecule has 73 valence electrons. The molecule has 0 N–H and O–H groups in total. The first-order valence-corrected chi connectivity index (χ1v) is 3.88. The summed E-state index contributed by atoms with van der Waals surface area (Å²) >= 11 is 0. The van der Waals surface area contributed by atoms with Crippen LogP contribution in [0.3, 0.4) is 0 Å². The molecule has 1 radical (unpaired) electrons. The lowest BCUT2D eigenvalue weighted by atomic mass is 10.1. The van der Waals surface area contributed by atoms with Crippen LogP contribution >= 0.6 is 0 Å². The Bertz CT molecular complexity index is 428. The molecule has 4 heteroatoms. The maximum Gasteiger partial charge on any atom is 0.417 e. The predicted molar refractivity (Wildman–Crippen MR) is 44.8 cm³/mol. The molecule has 2 rings (SSSR count). The second-order valence-electron chi connectivity index (χ2n) is 2.97. The number of hydrogen-bond acceptors (Lipinski definition) is 1. The molecule has 14 heavy (non-hydrogen) atoms. The third-order valence-electron chi connectivity index (χ3n) is 2.05. The first kappa shape index (κ1) is 9.12. The molecule has 0 bridgehead atoms. The van der Waals surface area contributed by atoms with Gasteiger partial charge in [0.2, 0.25) is 0 Å². The lowest BCUT2D eigenvalue weighted by Crippen LogP contribution is -2.04. The molecular weight excluding hydrogens is 193 g/mol. The van der Waals surface area contributed by atoms with Crippen LogP contribution in [0.25, 0.3) is 11.1 Å². The van der Waals surface area contributed by atoms with Gasteiger partial charge in [-0.1, -0.05) is 0 Å². The van der Waals surface area contributed by atoms with Gasteiger partial charge < -0.3 is 4.42 Å². The Balaban J connectivity index is 2.70. The normalized spacial score (nSPS) is 12.3. The van der Waals surface area contributed by atoms with Gasteiger partial charge >= 0.3 is 6.18 Å². The maximum absolute atomic E-state index is 12.5. The molecule has 2 aliphatic rings. The lowest BCUT2D eigenvalue weighted by molar-refractivity contribution is -0.136. The Morgan fingerprint density at radius 3 is 2.57 bits per heavy atom. The zero-order chi connectivity index (χ0) is 10.3. The van der Waals surface area contributed by atoms with Crippen LogP contribution in [0.4, 0.5) is 13.2 Å². The van der Waals surface area contributed by atoms with E-state index in [1.54, 1.807) is 0 Å². The quantitative estimate of drug-likeness (QED) is 0.631. The first-order chi connectivity index (χ1) is 6.50. The average molecular weight is 199 g/mol. The summed E-state index contributed by atoms with van der Waals surface area (Å²) in [5.41, 5.74) is 0.207. The molecule has 1 aliphatic heterocycles. The van der Waals surface area contributed by atoms with Crippen LogP contribution in [-0.2, 0) is 6.18 Å². The minimum absolute atomic E-state index is 0.0602. The van der Waals surface area contributed by atoms with Crippen molar-refractivity contribution in [2.24, 2.45) is 0 Å². The van der Waals surface area contributed by atoms with E-state index in [-0.39, 0.29) is 5.56 Å². The van der Waals surface area contributed by atoms with E-state index in [0.29, 0.717) is 11.1 Å². The van der Waals surface area contributed by atoms with Crippen molar-refractivity contribution in [3.05, 3.63) is 42.7 Å². The monoisotopic (exact) mass is 199 g/mol. The minimum Gasteiger partial charge on any atom is -0.472 e. The molecule has 0 aromatic heterocycles. The van der Waals surface area contributed by atoms with Crippen molar-refractivity contribution in [1.82, 2.24) is 0 Å². The highest BCUT2D eigenvalue weighted by molar-refractivity contribution is 5.75. The van der Waals surface area contributed by atoms with Crippen LogP contribution in [-0.4, -0.2) is 0 Å².